The predicted molar refractivity (Wildman–Crippen MR) is 148 cm³/mol. The molecule has 4 aliphatic carbocycles. The molecule has 2 aromatic heterocycles. The average Bonchev–Trinajstić information content (AvgIpc) is 3.41. The zero-order chi connectivity index (χ0) is 26.7. The van der Waals surface area contributed by atoms with Gasteiger partial charge in [0.25, 0.3) is 5.56 Å². The van der Waals surface area contributed by atoms with Crippen molar-refractivity contribution >= 4 is 5.78 Å². The Bertz CT molecular complexity index is 1640. The number of aryl methyl sites for hydroxylation is 1. The van der Waals surface area contributed by atoms with E-state index in [-0.39, 0.29) is 11.6 Å². The molecule has 39 heavy (non-hydrogen) atoms. The minimum atomic E-state index is -0.558. The number of benzene rings is 2. The molecule has 2 heterocycles. The molecule has 4 aromatic rings. The van der Waals surface area contributed by atoms with Crippen LogP contribution in [0.1, 0.15) is 73.9 Å². The van der Waals surface area contributed by atoms with Gasteiger partial charge in [-0.25, -0.2) is 4.52 Å². The van der Waals surface area contributed by atoms with Crippen LogP contribution in [-0.2, 0) is 12.8 Å². The van der Waals surface area contributed by atoms with Gasteiger partial charge in [-0.1, -0.05) is 55.8 Å². The van der Waals surface area contributed by atoms with Crippen LogP contribution in [0.25, 0.3) is 16.9 Å². The summed E-state index contributed by atoms with van der Waals surface area (Å²) in [6, 6.07) is 18.2. The highest BCUT2D eigenvalue weighted by Gasteiger charge is 2.56. The minimum absolute atomic E-state index is 0.0438. The van der Waals surface area contributed by atoms with Crippen LogP contribution >= 0.6 is 0 Å². The number of hydrogen-bond donors (Lipinski definition) is 1. The molecule has 0 amide bonds. The summed E-state index contributed by atoms with van der Waals surface area (Å²) in [5.74, 6) is 1.80. The molecule has 4 aliphatic rings. The quantitative estimate of drug-likeness (QED) is 0.383. The number of nitrogens with zero attached hydrogens (tertiary/aromatic N) is 5. The van der Waals surface area contributed by atoms with Crippen molar-refractivity contribution in [1.29, 1.82) is 5.26 Å². The van der Waals surface area contributed by atoms with E-state index >= 15 is 0 Å². The van der Waals surface area contributed by atoms with Gasteiger partial charge in [-0.3, -0.25) is 9.36 Å². The second-order valence-electron chi connectivity index (χ2n) is 12.0. The van der Waals surface area contributed by atoms with Crippen molar-refractivity contribution in [2.75, 3.05) is 0 Å². The first-order valence-electron chi connectivity index (χ1n) is 14.2. The molecule has 0 aliphatic heterocycles. The number of aromatic nitrogens is 4. The van der Waals surface area contributed by atoms with Crippen LogP contribution in [0.5, 0.6) is 0 Å². The third-order valence-corrected chi connectivity index (χ3v) is 9.50. The third-order valence-electron chi connectivity index (χ3n) is 9.50. The average molecular weight is 520 g/mol. The van der Waals surface area contributed by atoms with Crippen LogP contribution in [-0.4, -0.2) is 29.9 Å². The second-order valence-corrected chi connectivity index (χ2v) is 12.0. The van der Waals surface area contributed by atoms with E-state index in [1.54, 1.807) is 6.33 Å². The highest BCUT2D eigenvalue weighted by molar-refractivity contribution is 5.70. The lowest BCUT2D eigenvalue weighted by Crippen LogP contribution is -2.56. The summed E-state index contributed by atoms with van der Waals surface area (Å²) in [7, 11) is 0. The van der Waals surface area contributed by atoms with Crippen LogP contribution in [0.3, 0.4) is 0 Å². The first kappa shape index (κ1) is 24.3. The Morgan fingerprint density at radius 2 is 1.82 bits per heavy atom. The van der Waals surface area contributed by atoms with Crippen LogP contribution in [0, 0.1) is 29.1 Å². The van der Waals surface area contributed by atoms with E-state index in [0.717, 1.165) is 72.9 Å². The zero-order valence-electron chi connectivity index (χ0n) is 22.3. The zero-order valence-corrected chi connectivity index (χ0v) is 22.3. The summed E-state index contributed by atoms with van der Waals surface area (Å²) in [5, 5.41) is 25.3. The lowest BCUT2D eigenvalue weighted by Gasteiger charge is -2.58. The molecule has 8 rings (SSSR count). The van der Waals surface area contributed by atoms with Crippen molar-refractivity contribution in [3.8, 4) is 17.2 Å². The van der Waals surface area contributed by atoms with Gasteiger partial charge < -0.3 is 5.11 Å². The van der Waals surface area contributed by atoms with Gasteiger partial charge in [0.15, 0.2) is 0 Å². The monoisotopic (exact) mass is 519 g/mol. The molecule has 0 spiro atoms. The summed E-state index contributed by atoms with van der Waals surface area (Å²) in [5.41, 5.74) is 4.80. The van der Waals surface area contributed by atoms with Crippen LogP contribution in [0.4, 0.5) is 0 Å². The Labute approximate surface area is 227 Å². The molecule has 2 aromatic carbocycles. The fourth-order valence-corrected chi connectivity index (χ4v) is 8.23. The van der Waals surface area contributed by atoms with Crippen molar-refractivity contribution in [2.45, 2.75) is 69.9 Å². The van der Waals surface area contributed by atoms with Gasteiger partial charge in [-0.05, 0) is 79.0 Å². The van der Waals surface area contributed by atoms with Crippen molar-refractivity contribution < 1.29 is 5.11 Å². The van der Waals surface area contributed by atoms with E-state index in [0.29, 0.717) is 35.5 Å². The molecule has 198 valence electrons. The molecule has 0 saturated heterocycles. The fourth-order valence-electron chi connectivity index (χ4n) is 8.23. The molecule has 1 N–H and O–H groups in total. The fraction of sp³-hybridized carbons (Fsp3) is 0.438. The molecule has 0 radical (unpaired) electrons. The number of aliphatic hydroxyl groups is 1. The lowest BCUT2D eigenvalue weighted by atomic mass is 9.52. The first-order valence-corrected chi connectivity index (χ1v) is 14.2. The lowest BCUT2D eigenvalue weighted by molar-refractivity contribution is -0.147. The number of rotatable bonds is 6. The molecule has 7 heteroatoms. The minimum Gasteiger partial charge on any atom is -0.390 e. The highest BCUT2D eigenvalue weighted by Crippen LogP contribution is 2.59. The molecular weight excluding hydrogens is 486 g/mol. The van der Waals surface area contributed by atoms with Crippen LogP contribution in [0.15, 0.2) is 59.7 Å². The normalized spacial score (nSPS) is 27.2. The predicted octanol–water partition coefficient (Wildman–Crippen LogP) is 5.09. The maximum Gasteiger partial charge on any atom is 0.259 e. The smallest absolute Gasteiger partial charge is 0.259 e. The number of hydrogen-bond acceptors (Lipinski definition) is 5. The Morgan fingerprint density at radius 1 is 1.08 bits per heavy atom. The molecule has 4 fully saturated rings. The maximum atomic E-state index is 14.4. The molecular formula is C32H33N5O2. The Kier molecular flexibility index (Phi) is 5.71. The second kappa shape index (κ2) is 9.17. The van der Waals surface area contributed by atoms with Gasteiger partial charge in [0.1, 0.15) is 6.33 Å². The summed E-state index contributed by atoms with van der Waals surface area (Å²) in [4.78, 5) is 19.0. The largest absolute Gasteiger partial charge is 0.390 e. The standard InChI is InChI=1S/C32H33N5O2/c1-2-5-28-27(14-20-8-10-22(11-9-20)26-7-4-3-6-23(26)18-33)30(38)36(31-34-19-35-37(28)31)29-24-12-21-13-25(29)17-32(39,15-21)16-24/h3-4,6-11,19,21,24-25,29,39H,2,5,12-17H2,1H3/t21-,24+,25-,29?,32+. The van der Waals surface area contributed by atoms with E-state index in [1.807, 2.05) is 45.5 Å². The Morgan fingerprint density at radius 3 is 2.51 bits per heavy atom. The van der Waals surface area contributed by atoms with Gasteiger partial charge in [-0.2, -0.15) is 15.3 Å². The molecule has 7 nitrogen and oxygen atoms in total. The van der Waals surface area contributed by atoms with Crippen molar-refractivity contribution in [3.05, 3.63) is 87.6 Å². The Hall–Kier alpha value is -3.76. The summed E-state index contributed by atoms with van der Waals surface area (Å²) in [6.45, 7) is 2.12. The Balaban J connectivity index is 1.31. The van der Waals surface area contributed by atoms with Crippen molar-refractivity contribution in [1.82, 2.24) is 19.2 Å². The highest BCUT2D eigenvalue weighted by atomic mass is 16.3. The topological polar surface area (TPSA) is 96.2 Å². The third kappa shape index (κ3) is 3.92. The van der Waals surface area contributed by atoms with E-state index in [9.17, 15) is 15.2 Å². The van der Waals surface area contributed by atoms with Gasteiger partial charge in [0, 0.05) is 18.0 Å². The van der Waals surface area contributed by atoms with Crippen LogP contribution < -0.4 is 5.56 Å². The van der Waals surface area contributed by atoms with Gasteiger partial charge in [0.05, 0.1) is 22.9 Å². The van der Waals surface area contributed by atoms with E-state index in [2.05, 4.69) is 35.2 Å². The van der Waals surface area contributed by atoms with E-state index < -0.39 is 5.60 Å². The van der Waals surface area contributed by atoms with Crippen molar-refractivity contribution in [3.63, 3.8) is 0 Å². The van der Waals surface area contributed by atoms with Crippen LogP contribution in [0.2, 0.25) is 0 Å². The number of fused-ring (bicyclic) bond motifs is 1. The molecule has 4 saturated carbocycles. The van der Waals surface area contributed by atoms with Gasteiger partial charge >= 0.3 is 0 Å². The molecule has 5 atom stereocenters. The SMILES string of the molecule is CCCc1c(Cc2ccc(-c3ccccc3C#N)cc2)c(=O)n(C2[C@@H]3C[C@H]4C[C@H]2C[C@@](O)(C4)C3)c2ncnn12. The van der Waals surface area contributed by atoms with Gasteiger partial charge in [-0.15, -0.1) is 0 Å². The first-order chi connectivity index (χ1) is 19.0. The molecule has 4 bridgehead atoms. The van der Waals surface area contributed by atoms with E-state index in [4.69, 9.17) is 0 Å². The van der Waals surface area contributed by atoms with Gasteiger partial charge in [0.2, 0.25) is 5.78 Å². The number of nitriles is 1. The molecule has 1 unspecified atom stereocenters. The summed E-state index contributed by atoms with van der Waals surface area (Å²) in [6.07, 6.45) is 8.35. The van der Waals surface area contributed by atoms with Crippen molar-refractivity contribution in [2.24, 2.45) is 17.8 Å². The summed E-state index contributed by atoms with van der Waals surface area (Å²) >= 11 is 0. The summed E-state index contributed by atoms with van der Waals surface area (Å²) < 4.78 is 3.85. The maximum absolute atomic E-state index is 14.4. The van der Waals surface area contributed by atoms with E-state index in [1.165, 1.54) is 0 Å².